The number of amides is 2. The summed E-state index contributed by atoms with van der Waals surface area (Å²) in [6.45, 7) is 0.200. The molecule has 2 rings (SSSR count). The van der Waals surface area contributed by atoms with E-state index in [1.54, 1.807) is 29.2 Å². The van der Waals surface area contributed by atoms with E-state index in [4.69, 9.17) is 16.7 Å². The maximum Gasteiger partial charge on any atom is 0.251 e. The molecule has 1 aromatic rings. The van der Waals surface area contributed by atoms with Crippen molar-refractivity contribution in [1.82, 2.24) is 10.2 Å². The van der Waals surface area contributed by atoms with Gasteiger partial charge in [0.1, 0.15) is 0 Å². The molecule has 21 heavy (non-hydrogen) atoms. The summed E-state index contributed by atoms with van der Waals surface area (Å²) in [7, 11) is 0. The fourth-order valence-corrected chi connectivity index (χ4v) is 2.40. The van der Waals surface area contributed by atoms with Crippen LogP contribution in [0, 0.1) is 0 Å². The van der Waals surface area contributed by atoms with Gasteiger partial charge in [0, 0.05) is 23.2 Å². The lowest BCUT2D eigenvalue weighted by atomic mass is 9.91. The van der Waals surface area contributed by atoms with Gasteiger partial charge in [0.2, 0.25) is 5.91 Å². The van der Waals surface area contributed by atoms with Gasteiger partial charge in [-0.05, 0) is 43.5 Å². The summed E-state index contributed by atoms with van der Waals surface area (Å²) in [6.07, 6.45) is 3.05. The minimum Gasteiger partial charge on any atom is -0.395 e. The first-order valence-electron chi connectivity index (χ1n) is 7.06. The number of nitrogens with one attached hydrogen (secondary N) is 1. The summed E-state index contributed by atoms with van der Waals surface area (Å²) in [5, 5.41) is 12.2. The van der Waals surface area contributed by atoms with Crippen LogP contribution >= 0.6 is 11.6 Å². The van der Waals surface area contributed by atoms with Crippen molar-refractivity contribution in [1.29, 1.82) is 0 Å². The number of halogens is 1. The Morgan fingerprint density at radius 3 is 2.48 bits per heavy atom. The highest BCUT2D eigenvalue weighted by Crippen LogP contribution is 2.24. The Morgan fingerprint density at radius 2 is 1.95 bits per heavy atom. The van der Waals surface area contributed by atoms with Crippen LogP contribution in [0.15, 0.2) is 24.3 Å². The summed E-state index contributed by atoms with van der Waals surface area (Å²) in [4.78, 5) is 25.7. The number of carbonyl (C=O) groups excluding carboxylic acids is 2. The molecule has 1 saturated carbocycles. The average Bonchev–Trinajstić information content (AvgIpc) is 2.43. The second-order valence-electron chi connectivity index (χ2n) is 5.09. The zero-order valence-corrected chi connectivity index (χ0v) is 12.5. The van der Waals surface area contributed by atoms with Gasteiger partial charge in [-0.3, -0.25) is 9.59 Å². The van der Waals surface area contributed by atoms with Crippen LogP contribution in [-0.2, 0) is 4.79 Å². The molecule has 1 aliphatic carbocycles. The van der Waals surface area contributed by atoms with Crippen LogP contribution in [0.4, 0.5) is 0 Å². The van der Waals surface area contributed by atoms with Crippen molar-refractivity contribution in [2.45, 2.75) is 25.3 Å². The lowest BCUT2D eigenvalue weighted by Gasteiger charge is -2.37. The zero-order valence-electron chi connectivity index (χ0n) is 11.7. The lowest BCUT2D eigenvalue weighted by molar-refractivity contribution is -0.134. The molecule has 0 saturated heterocycles. The number of rotatable bonds is 6. The molecule has 0 unspecified atom stereocenters. The Morgan fingerprint density at radius 1 is 1.29 bits per heavy atom. The molecule has 2 amide bonds. The maximum absolute atomic E-state index is 12.1. The largest absolute Gasteiger partial charge is 0.395 e. The molecule has 0 atom stereocenters. The van der Waals surface area contributed by atoms with Gasteiger partial charge in [-0.25, -0.2) is 0 Å². The highest BCUT2D eigenvalue weighted by molar-refractivity contribution is 6.30. The van der Waals surface area contributed by atoms with Crippen molar-refractivity contribution in [2.24, 2.45) is 0 Å². The Labute approximate surface area is 128 Å². The first-order chi connectivity index (χ1) is 10.1. The molecule has 5 nitrogen and oxygen atoms in total. The number of aliphatic hydroxyl groups is 1. The normalized spacial score (nSPS) is 14.4. The van der Waals surface area contributed by atoms with Crippen LogP contribution in [0.25, 0.3) is 0 Å². The topological polar surface area (TPSA) is 69.6 Å². The first-order valence-corrected chi connectivity index (χ1v) is 7.43. The summed E-state index contributed by atoms with van der Waals surface area (Å²) in [6, 6.07) is 6.69. The van der Waals surface area contributed by atoms with Crippen LogP contribution in [0.3, 0.4) is 0 Å². The number of nitrogens with zero attached hydrogens (tertiary/aromatic N) is 1. The van der Waals surface area contributed by atoms with E-state index >= 15 is 0 Å². The molecule has 0 radical (unpaired) electrons. The Kier molecular flexibility index (Phi) is 5.59. The third kappa shape index (κ3) is 4.19. The van der Waals surface area contributed by atoms with E-state index in [0.29, 0.717) is 17.1 Å². The smallest absolute Gasteiger partial charge is 0.251 e. The molecule has 1 fully saturated rings. The molecular weight excluding hydrogens is 292 g/mol. The molecule has 1 aromatic carbocycles. The van der Waals surface area contributed by atoms with E-state index in [0.717, 1.165) is 19.3 Å². The van der Waals surface area contributed by atoms with Gasteiger partial charge in [-0.1, -0.05) is 11.6 Å². The predicted octanol–water partition coefficient (Wildman–Crippen LogP) is 1.44. The summed E-state index contributed by atoms with van der Waals surface area (Å²) in [5.74, 6) is -0.464. The Bertz CT molecular complexity index is 500. The molecule has 0 aromatic heterocycles. The monoisotopic (exact) mass is 310 g/mol. The van der Waals surface area contributed by atoms with Crippen LogP contribution in [0.2, 0.25) is 5.02 Å². The van der Waals surface area contributed by atoms with E-state index in [1.807, 2.05) is 0 Å². The summed E-state index contributed by atoms with van der Waals surface area (Å²) in [5.41, 5.74) is 0.463. The SMILES string of the molecule is O=C(NCC(=O)N(CCO)C1CCC1)c1ccc(Cl)cc1. The zero-order chi connectivity index (χ0) is 15.2. The third-order valence-electron chi connectivity index (χ3n) is 3.68. The molecule has 0 heterocycles. The van der Waals surface area contributed by atoms with E-state index < -0.39 is 0 Å². The maximum atomic E-state index is 12.1. The van der Waals surface area contributed by atoms with Gasteiger partial charge in [0.05, 0.1) is 13.2 Å². The van der Waals surface area contributed by atoms with Gasteiger partial charge >= 0.3 is 0 Å². The van der Waals surface area contributed by atoms with Crippen LogP contribution in [0.1, 0.15) is 29.6 Å². The van der Waals surface area contributed by atoms with Crippen LogP contribution in [-0.4, -0.2) is 47.6 Å². The van der Waals surface area contributed by atoms with Gasteiger partial charge in [0.15, 0.2) is 0 Å². The van der Waals surface area contributed by atoms with Crippen molar-refractivity contribution in [2.75, 3.05) is 19.7 Å². The Balaban J connectivity index is 1.87. The van der Waals surface area contributed by atoms with Gasteiger partial charge in [0.25, 0.3) is 5.91 Å². The average molecular weight is 311 g/mol. The van der Waals surface area contributed by atoms with Crippen molar-refractivity contribution < 1.29 is 14.7 Å². The number of carbonyl (C=O) groups is 2. The Hall–Kier alpha value is -1.59. The van der Waals surface area contributed by atoms with Gasteiger partial charge < -0.3 is 15.3 Å². The third-order valence-corrected chi connectivity index (χ3v) is 3.94. The van der Waals surface area contributed by atoms with Crippen LogP contribution < -0.4 is 5.32 Å². The second kappa shape index (κ2) is 7.43. The van der Waals surface area contributed by atoms with Gasteiger partial charge in [-0.15, -0.1) is 0 Å². The second-order valence-corrected chi connectivity index (χ2v) is 5.52. The lowest BCUT2D eigenvalue weighted by Crippen LogP contribution is -2.49. The number of hydrogen-bond donors (Lipinski definition) is 2. The first kappa shape index (κ1) is 15.8. The number of benzene rings is 1. The molecule has 0 bridgehead atoms. The quantitative estimate of drug-likeness (QED) is 0.835. The van der Waals surface area contributed by atoms with Crippen molar-refractivity contribution in [3.05, 3.63) is 34.9 Å². The van der Waals surface area contributed by atoms with Crippen molar-refractivity contribution in [3.8, 4) is 0 Å². The standard InChI is InChI=1S/C15H19ClN2O3/c16-12-6-4-11(5-7-12)15(21)17-10-14(20)18(8-9-19)13-2-1-3-13/h4-7,13,19H,1-3,8-10H2,(H,17,21). The van der Waals surface area contributed by atoms with Crippen LogP contribution in [0.5, 0.6) is 0 Å². The summed E-state index contributed by atoms with van der Waals surface area (Å²) < 4.78 is 0. The van der Waals surface area contributed by atoms with E-state index in [9.17, 15) is 9.59 Å². The molecule has 0 spiro atoms. The minimum absolute atomic E-state index is 0.0576. The van der Waals surface area contributed by atoms with Gasteiger partial charge in [-0.2, -0.15) is 0 Å². The molecule has 114 valence electrons. The molecule has 6 heteroatoms. The molecular formula is C15H19ClN2O3. The highest BCUT2D eigenvalue weighted by atomic mass is 35.5. The summed E-state index contributed by atoms with van der Waals surface area (Å²) >= 11 is 5.76. The van der Waals surface area contributed by atoms with Crippen molar-refractivity contribution in [3.63, 3.8) is 0 Å². The van der Waals surface area contributed by atoms with Crippen molar-refractivity contribution >= 4 is 23.4 Å². The minimum atomic E-state index is -0.308. The fourth-order valence-electron chi connectivity index (χ4n) is 2.28. The number of aliphatic hydroxyl groups excluding tert-OH is 1. The van der Waals surface area contributed by atoms with E-state index in [1.165, 1.54) is 0 Å². The molecule has 1 aliphatic rings. The van der Waals surface area contributed by atoms with E-state index in [-0.39, 0.29) is 31.0 Å². The predicted molar refractivity (Wildman–Crippen MR) is 80.2 cm³/mol. The van der Waals surface area contributed by atoms with E-state index in [2.05, 4.69) is 5.32 Å². The fraction of sp³-hybridized carbons (Fsp3) is 0.467. The molecule has 0 aliphatic heterocycles. The number of hydrogen-bond acceptors (Lipinski definition) is 3. The molecule has 2 N–H and O–H groups in total. The highest BCUT2D eigenvalue weighted by Gasteiger charge is 2.28.